The Kier molecular flexibility index (Phi) is 11.5. The molecule has 5 heterocycles. The summed E-state index contributed by atoms with van der Waals surface area (Å²) in [4.78, 5) is 64.9. The van der Waals surface area contributed by atoms with Gasteiger partial charge in [-0.2, -0.15) is 4.98 Å². The number of carbonyl (C=O) groups excluding carboxylic acids is 3. The van der Waals surface area contributed by atoms with Crippen LogP contribution in [0.4, 0.5) is 27.9 Å². The van der Waals surface area contributed by atoms with Gasteiger partial charge in [-0.25, -0.2) is 9.78 Å². The molecule has 0 atom stereocenters. The van der Waals surface area contributed by atoms with Crippen LogP contribution in [0.1, 0.15) is 63.5 Å². The van der Waals surface area contributed by atoms with Crippen molar-refractivity contribution in [2.24, 2.45) is 5.92 Å². The van der Waals surface area contributed by atoms with E-state index >= 15 is 0 Å². The lowest BCUT2D eigenvalue weighted by Crippen LogP contribution is -2.49. The van der Waals surface area contributed by atoms with Gasteiger partial charge in [-0.3, -0.25) is 24.6 Å². The molecule has 15 heteroatoms. The molecule has 55 heavy (non-hydrogen) atoms. The van der Waals surface area contributed by atoms with Crippen LogP contribution in [0.15, 0.2) is 59.5 Å². The normalized spacial score (nSPS) is 17.5. The van der Waals surface area contributed by atoms with Gasteiger partial charge in [-0.05, 0) is 106 Å². The number of hydrogen-bond donors (Lipinski definition) is 3. The molecule has 2 aromatic carbocycles. The minimum absolute atomic E-state index is 0.102. The van der Waals surface area contributed by atoms with Crippen molar-refractivity contribution in [3.05, 3.63) is 75.7 Å². The van der Waals surface area contributed by atoms with Crippen LogP contribution in [0, 0.1) is 5.92 Å². The van der Waals surface area contributed by atoms with E-state index < -0.39 is 0 Å². The second-order valence-electron chi connectivity index (χ2n) is 14.9. The predicted octanol–water partition coefficient (Wildman–Crippen LogP) is 5.44. The summed E-state index contributed by atoms with van der Waals surface area (Å²) < 4.78 is 7.27. The Hall–Kier alpha value is -5.21. The van der Waals surface area contributed by atoms with Crippen LogP contribution in [0.5, 0.6) is 5.75 Å². The summed E-state index contributed by atoms with van der Waals surface area (Å²) in [5.41, 5.74) is 3.28. The number of ether oxygens (including phenoxy) is 1. The second-order valence-corrected chi connectivity index (χ2v) is 15.3. The monoisotopic (exact) mass is 769 g/mol. The van der Waals surface area contributed by atoms with E-state index in [1.165, 1.54) is 12.6 Å². The number of anilines is 4. The molecule has 3 aliphatic rings. The summed E-state index contributed by atoms with van der Waals surface area (Å²) >= 11 is 6.59. The Morgan fingerprint density at radius 3 is 2.51 bits per heavy atom. The molecule has 0 aliphatic carbocycles. The zero-order valence-electron chi connectivity index (χ0n) is 31.5. The van der Waals surface area contributed by atoms with Gasteiger partial charge in [-0.1, -0.05) is 23.7 Å². The van der Waals surface area contributed by atoms with Gasteiger partial charge in [0.15, 0.2) is 18.2 Å². The lowest BCUT2D eigenvalue weighted by Gasteiger charge is -2.38. The van der Waals surface area contributed by atoms with Crippen molar-refractivity contribution < 1.29 is 19.1 Å². The summed E-state index contributed by atoms with van der Waals surface area (Å²) in [5.74, 6) is 1.71. The number of nitrogens with one attached hydrogen (secondary N) is 3. The van der Waals surface area contributed by atoms with Crippen LogP contribution in [0.3, 0.4) is 0 Å². The number of pyridine rings is 1. The van der Waals surface area contributed by atoms with Crippen LogP contribution in [0.2, 0.25) is 5.02 Å². The number of fused-ring (bicyclic) bond motifs is 1. The van der Waals surface area contributed by atoms with Gasteiger partial charge >= 0.3 is 6.03 Å². The van der Waals surface area contributed by atoms with Crippen LogP contribution in [-0.4, -0.2) is 90.2 Å². The number of imide groups is 1. The van der Waals surface area contributed by atoms with Crippen molar-refractivity contribution in [3.63, 3.8) is 0 Å². The highest BCUT2D eigenvalue weighted by Gasteiger charge is 2.28. The Bertz CT molecular complexity index is 2130. The molecule has 3 N–H and O–H groups in total. The first-order valence-corrected chi connectivity index (χ1v) is 19.4. The van der Waals surface area contributed by atoms with Gasteiger partial charge in [-0.15, -0.1) is 0 Å². The second kappa shape index (κ2) is 16.7. The standard InChI is InChI=1S/C40H48ClN9O5/c1-25(2)50-33-8-7-30(19-29(33)21-34(38(50)53)55-24-36(52)42-3)44-37-32(41)22-43-39(46-37)48-16-9-26(10-17-48)23-47-14-11-27(12-15-47)28-5-4-6-31(20-28)49-18-13-35(51)45-40(49)54/h4-8,19-22,25-27H,9-18,23-24H2,1-3H3,(H,42,52)(H,43,44,46)(H,45,51,54). The minimum Gasteiger partial charge on any atom is -0.478 e. The number of likely N-dealkylation sites (tertiary alicyclic amines) is 1. The molecule has 0 spiro atoms. The van der Waals surface area contributed by atoms with Crippen molar-refractivity contribution in [1.29, 1.82) is 0 Å². The first-order valence-electron chi connectivity index (χ1n) is 19.1. The number of urea groups is 1. The molecular weight excluding hydrogens is 722 g/mol. The molecule has 290 valence electrons. The number of likely N-dealkylation sites (N-methyl/N-ethyl adjacent to an activating group) is 1. The maximum absolute atomic E-state index is 13.2. The number of benzene rings is 2. The molecule has 4 amide bonds. The number of rotatable bonds is 11. The molecule has 0 saturated carbocycles. The zero-order valence-corrected chi connectivity index (χ0v) is 32.3. The molecule has 7 rings (SSSR count). The molecule has 2 aromatic heterocycles. The van der Waals surface area contributed by atoms with E-state index in [2.05, 4.69) is 42.9 Å². The Morgan fingerprint density at radius 1 is 1.00 bits per heavy atom. The average Bonchev–Trinajstić information content (AvgIpc) is 3.18. The first kappa shape index (κ1) is 38.1. The Balaban J connectivity index is 0.940. The van der Waals surface area contributed by atoms with E-state index in [0.29, 0.717) is 41.6 Å². The van der Waals surface area contributed by atoms with Crippen molar-refractivity contribution in [3.8, 4) is 5.75 Å². The summed E-state index contributed by atoms with van der Waals surface area (Å²) in [6.45, 7) is 8.87. The van der Waals surface area contributed by atoms with Crippen molar-refractivity contribution in [1.82, 2.24) is 30.1 Å². The third kappa shape index (κ3) is 8.70. The van der Waals surface area contributed by atoms with E-state index in [0.717, 1.165) is 80.7 Å². The van der Waals surface area contributed by atoms with Crippen LogP contribution in [-0.2, 0) is 9.59 Å². The molecule has 0 bridgehead atoms. The quantitative estimate of drug-likeness (QED) is 0.180. The third-order valence-corrected chi connectivity index (χ3v) is 11.1. The number of piperidine rings is 2. The minimum atomic E-state index is -0.348. The first-order chi connectivity index (χ1) is 26.6. The van der Waals surface area contributed by atoms with E-state index in [-0.39, 0.29) is 41.8 Å². The van der Waals surface area contributed by atoms with Gasteiger partial charge in [0.05, 0.1) is 11.7 Å². The number of halogens is 1. The number of nitrogens with zero attached hydrogens (tertiary/aromatic N) is 6. The SMILES string of the molecule is CNC(=O)COc1cc2cc(Nc3nc(N4CCC(CN5CCC(c6cccc(N7CCC(=O)NC7=O)c6)CC5)CC4)ncc3Cl)ccc2n(C(C)C)c1=O. The fourth-order valence-corrected chi connectivity index (χ4v) is 7.99. The zero-order chi connectivity index (χ0) is 38.6. The van der Waals surface area contributed by atoms with Gasteiger partial charge in [0.2, 0.25) is 11.9 Å². The highest BCUT2D eigenvalue weighted by Crippen LogP contribution is 2.33. The Morgan fingerprint density at radius 2 is 1.78 bits per heavy atom. The van der Waals surface area contributed by atoms with E-state index in [4.69, 9.17) is 21.3 Å². The molecule has 3 aliphatic heterocycles. The van der Waals surface area contributed by atoms with Crippen LogP contribution in [0.25, 0.3) is 10.9 Å². The highest BCUT2D eigenvalue weighted by molar-refractivity contribution is 6.33. The van der Waals surface area contributed by atoms with Crippen molar-refractivity contribution in [2.75, 3.05) is 68.0 Å². The van der Waals surface area contributed by atoms with E-state index in [1.54, 1.807) is 21.7 Å². The number of hydrogen-bond acceptors (Lipinski definition) is 10. The third-order valence-electron chi connectivity index (χ3n) is 10.9. The van der Waals surface area contributed by atoms with Gasteiger partial charge in [0.25, 0.3) is 11.5 Å². The molecule has 3 saturated heterocycles. The van der Waals surface area contributed by atoms with Crippen LogP contribution < -0.4 is 36.0 Å². The molecule has 4 aromatic rings. The highest BCUT2D eigenvalue weighted by atomic mass is 35.5. The predicted molar refractivity (Wildman–Crippen MR) is 214 cm³/mol. The fraction of sp³-hybridized carbons (Fsp3) is 0.450. The summed E-state index contributed by atoms with van der Waals surface area (Å²) in [7, 11) is 1.52. The smallest absolute Gasteiger partial charge is 0.328 e. The lowest BCUT2D eigenvalue weighted by atomic mass is 9.88. The topological polar surface area (TPSA) is 154 Å². The summed E-state index contributed by atoms with van der Waals surface area (Å²) in [5, 5.41) is 9.43. The van der Waals surface area contributed by atoms with Crippen LogP contribution >= 0.6 is 11.6 Å². The van der Waals surface area contributed by atoms with E-state index in [1.807, 2.05) is 44.2 Å². The number of aromatic nitrogens is 3. The number of carbonyl (C=O) groups is 3. The number of amides is 4. The fourth-order valence-electron chi connectivity index (χ4n) is 7.85. The molecule has 0 unspecified atom stereocenters. The maximum atomic E-state index is 13.2. The van der Waals surface area contributed by atoms with Crippen molar-refractivity contribution in [2.45, 2.75) is 57.9 Å². The Labute approximate surface area is 325 Å². The largest absolute Gasteiger partial charge is 0.478 e. The molecule has 14 nitrogen and oxygen atoms in total. The molecule has 0 radical (unpaired) electrons. The summed E-state index contributed by atoms with van der Waals surface area (Å²) in [6.07, 6.45) is 6.18. The molecular formula is C40H48ClN9O5. The maximum Gasteiger partial charge on any atom is 0.328 e. The van der Waals surface area contributed by atoms with Crippen molar-refractivity contribution >= 4 is 63.5 Å². The average molecular weight is 770 g/mol. The molecule has 3 fully saturated rings. The lowest BCUT2D eigenvalue weighted by molar-refractivity contribution is -0.122. The van der Waals surface area contributed by atoms with Gasteiger partial charge in [0, 0.05) is 62.5 Å². The summed E-state index contributed by atoms with van der Waals surface area (Å²) in [6, 6.07) is 15.1. The van der Waals surface area contributed by atoms with Gasteiger partial charge in [0.1, 0.15) is 5.02 Å². The van der Waals surface area contributed by atoms with E-state index in [9.17, 15) is 19.2 Å². The van der Waals surface area contributed by atoms with Gasteiger partial charge < -0.3 is 29.7 Å².